The molecule has 76 valence electrons. The van der Waals surface area contributed by atoms with E-state index in [4.69, 9.17) is 5.11 Å². The lowest BCUT2D eigenvalue weighted by Gasteiger charge is -2.05. The summed E-state index contributed by atoms with van der Waals surface area (Å²) in [4.78, 5) is 8.08. The van der Waals surface area contributed by atoms with Crippen LogP contribution in [0.3, 0.4) is 0 Å². The van der Waals surface area contributed by atoms with E-state index in [9.17, 15) is 0 Å². The van der Waals surface area contributed by atoms with Gasteiger partial charge in [-0.05, 0) is 31.2 Å². The van der Waals surface area contributed by atoms with Crippen molar-refractivity contribution in [1.29, 1.82) is 0 Å². The monoisotopic (exact) mass is 201 g/mol. The normalized spacial score (nSPS) is 9.93. The van der Waals surface area contributed by atoms with Crippen LogP contribution >= 0.6 is 0 Å². The third-order valence-electron chi connectivity index (χ3n) is 1.94. The van der Waals surface area contributed by atoms with Crippen LogP contribution in [-0.2, 0) is 0 Å². The summed E-state index contributed by atoms with van der Waals surface area (Å²) in [5.41, 5.74) is 1.79. The van der Waals surface area contributed by atoms with E-state index < -0.39 is 0 Å². The van der Waals surface area contributed by atoms with Gasteiger partial charge in [-0.3, -0.25) is 0 Å². The fourth-order valence-electron chi connectivity index (χ4n) is 1.22. The van der Waals surface area contributed by atoms with E-state index in [1.54, 1.807) is 24.3 Å². The van der Waals surface area contributed by atoms with Crippen molar-refractivity contribution in [3.63, 3.8) is 0 Å². The Bertz CT molecular complexity index is 454. The van der Waals surface area contributed by atoms with Crippen LogP contribution < -0.4 is 5.32 Å². The molecule has 0 aliphatic heterocycles. The maximum Gasteiger partial charge on any atom is 0.133 e. The average molecular weight is 201 g/mol. The zero-order valence-electron chi connectivity index (χ0n) is 8.31. The quantitative estimate of drug-likeness (QED) is 0.731. The number of aromatic nitrogens is 2. The summed E-state index contributed by atoms with van der Waals surface area (Å²) < 4.78 is 0. The second kappa shape index (κ2) is 3.96. The molecule has 0 fully saturated rings. The molecule has 0 radical (unpaired) electrons. The summed E-state index contributed by atoms with van der Waals surface area (Å²) in [5, 5.41) is 12.2. The third-order valence-corrected chi connectivity index (χ3v) is 1.94. The van der Waals surface area contributed by atoms with Crippen molar-refractivity contribution in [1.82, 2.24) is 9.97 Å². The van der Waals surface area contributed by atoms with Crippen LogP contribution in [0.25, 0.3) is 0 Å². The Morgan fingerprint density at radius 2 is 1.87 bits per heavy atom. The number of nitrogens with zero attached hydrogens (tertiary/aromatic N) is 2. The Labute approximate surface area is 87.6 Å². The largest absolute Gasteiger partial charge is 0.508 e. The number of aromatic hydroxyl groups is 1. The van der Waals surface area contributed by atoms with Gasteiger partial charge in [0, 0.05) is 17.4 Å². The molecule has 15 heavy (non-hydrogen) atoms. The van der Waals surface area contributed by atoms with Gasteiger partial charge in [0.2, 0.25) is 0 Å². The molecule has 2 aromatic rings. The van der Waals surface area contributed by atoms with E-state index in [0.717, 1.165) is 17.2 Å². The molecule has 0 spiro atoms. The number of anilines is 2. The standard InChI is InChI=1S/C11H11N3O/c1-8-6-11(13-7-12-8)14-9-2-4-10(15)5-3-9/h2-7,15H,1H3,(H,12,13,14). The van der Waals surface area contributed by atoms with Crippen molar-refractivity contribution in [2.45, 2.75) is 6.92 Å². The Morgan fingerprint density at radius 1 is 1.13 bits per heavy atom. The Hall–Kier alpha value is -2.10. The summed E-state index contributed by atoms with van der Waals surface area (Å²) in [5.74, 6) is 0.993. The van der Waals surface area contributed by atoms with E-state index in [0.29, 0.717) is 0 Å². The molecule has 0 aliphatic rings. The molecule has 4 nitrogen and oxygen atoms in total. The summed E-state index contributed by atoms with van der Waals surface area (Å²) in [6.07, 6.45) is 1.51. The molecular formula is C11H11N3O. The molecule has 0 saturated carbocycles. The lowest BCUT2D eigenvalue weighted by molar-refractivity contribution is 0.475. The molecular weight excluding hydrogens is 190 g/mol. The van der Waals surface area contributed by atoms with E-state index in [2.05, 4.69) is 15.3 Å². The summed E-state index contributed by atoms with van der Waals surface area (Å²) >= 11 is 0. The minimum atomic E-state index is 0.249. The van der Waals surface area contributed by atoms with Crippen LogP contribution in [0.4, 0.5) is 11.5 Å². The fraction of sp³-hybridized carbons (Fsp3) is 0.0909. The van der Waals surface area contributed by atoms with Crippen molar-refractivity contribution < 1.29 is 5.11 Å². The average Bonchev–Trinajstić information content (AvgIpc) is 2.22. The van der Waals surface area contributed by atoms with Crippen LogP contribution in [0.2, 0.25) is 0 Å². The molecule has 0 saturated heterocycles. The highest BCUT2D eigenvalue weighted by atomic mass is 16.3. The molecule has 2 rings (SSSR count). The Morgan fingerprint density at radius 3 is 2.53 bits per heavy atom. The molecule has 1 aromatic carbocycles. The van der Waals surface area contributed by atoms with Gasteiger partial charge in [-0.25, -0.2) is 9.97 Å². The van der Waals surface area contributed by atoms with Gasteiger partial charge in [-0.2, -0.15) is 0 Å². The highest BCUT2D eigenvalue weighted by molar-refractivity contribution is 5.56. The fourth-order valence-corrected chi connectivity index (χ4v) is 1.22. The van der Waals surface area contributed by atoms with Crippen LogP contribution in [0.5, 0.6) is 5.75 Å². The zero-order valence-corrected chi connectivity index (χ0v) is 8.31. The van der Waals surface area contributed by atoms with Crippen LogP contribution in [0.1, 0.15) is 5.69 Å². The van der Waals surface area contributed by atoms with Crippen molar-refractivity contribution >= 4 is 11.5 Å². The number of benzene rings is 1. The van der Waals surface area contributed by atoms with Gasteiger partial charge < -0.3 is 10.4 Å². The van der Waals surface area contributed by atoms with Gasteiger partial charge in [0.1, 0.15) is 17.9 Å². The molecule has 0 unspecified atom stereocenters. The second-order valence-corrected chi connectivity index (χ2v) is 3.22. The first-order chi connectivity index (χ1) is 7.24. The van der Waals surface area contributed by atoms with E-state index in [1.807, 2.05) is 13.0 Å². The maximum atomic E-state index is 9.11. The zero-order chi connectivity index (χ0) is 10.7. The van der Waals surface area contributed by atoms with Crippen molar-refractivity contribution in [3.8, 4) is 5.75 Å². The molecule has 1 heterocycles. The van der Waals surface area contributed by atoms with Crippen molar-refractivity contribution in [3.05, 3.63) is 42.4 Å². The molecule has 0 aliphatic carbocycles. The van der Waals surface area contributed by atoms with Gasteiger partial charge in [-0.15, -0.1) is 0 Å². The number of hydrogen-bond donors (Lipinski definition) is 2. The third kappa shape index (κ3) is 2.43. The Balaban J connectivity index is 2.18. The smallest absolute Gasteiger partial charge is 0.133 e. The number of aryl methyl sites for hydroxylation is 1. The van der Waals surface area contributed by atoms with E-state index >= 15 is 0 Å². The minimum absolute atomic E-state index is 0.249. The summed E-state index contributed by atoms with van der Waals surface area (Å²) in [6.45, 7) is 1.91. The molecule has 1 aromatic heterocycles. The predicted octanol–water partition coefficient (Wildman–Crippen LogP) is 2.23. The number of hydrogen-bond acceptors (Lipinski definition) is 4. The second-order valence-electron chi connectivity index (χ2n) is 3.22. The van der Waals surface area contributed by atoms with Gasteiger partial charge in [-0.1, -0.05) is 0 Å². The van der Waals surface area contributed by atoms with Gasteiger partial charge >= 0.3 is 0 Å². The van der Waals surface area contributed by atoms with Gasteiger partial charge in [0.05, 0.1) is 0 Å². The van der Waals surface area contributed by atoms with Crippen LogP contribution in [0, 0.1) is 6.92 Å². The van der Waals surface area contributed by atoms with Crippen molar-refractivity contribution in [2.75, 3.05) is 5.32 Å². The first-order valence-electron chi connectivity index (χ1n) is 4.59. The number of rotatable bonds is 2. The molecule has 2 N–H and O–H groups in total. The first kappa shape index (κ1) is 9.45. The molecule has 0 atom stereocenters. The van der Waals surface area contributed by atoms with Crippen molar-refractivity contribution in [2.24, 2.45) is 0 Å². The molecule has 0 amide bonds. The predicted molar refractivity (Wildman–Crippen MR) is 58.2 cm³/mol. The maximum absolute atomic E-state index is 9.11. The number of phenolic OH excluding ortho intramolecular Hbond substituents is 1. The van der Waals surface area contributed by atoms with E-state index in [1.165, 1.54) is 6.33 Å². The van der Waals surface area contributed by atoms with Gasteiger partial charge in [0.15, 0.2) is 0 Å². The lowest BCUT2D eigenvalue weighted by atomic mass is 10.3. The van der Waals surface area contributed by atoms with E-state index in [-0.39, 0.29) is 5.75 Å². The topological polar surface area (TPSA) is 58.0 Å². The number of phenols is 1. The highest BCUT2D eigenvalue weighted by Gasteiger charge is 1.96. The summed E-state index contributed by atoms with van der Waals surface area (Å²) in [7, 11) is 0. The molecule has 0 bridgehead atoms. The van der Waals surface area contributed by atoms with Crippen LogP contribution in [0.15, 0.2) is 36.7 Å². The highest BCUT2D eigenvalue weighted by Crippen LogP contribution is 2.17. The minimum Gasteiger partial charge on any atom is -0.508 e. The van der Waals surface area contributed by atoms with Crippen LogP contribution in [-0.4, -0.2) is 15.1 Å². The molecule has 4 heteroatoms. The SMILES string of the molecule is Cc1cc(Nc2ccc(O)cc2)ncn1. The first-order valence-corrected chi connectivity index (χ1v) is 4.59. The number of nitrogens with one attached hydrogen (secondary N) is 1. The van der Waals surface area contributed by atoms with Gasteiger partial charge in [0.25, 0.3) is 0 Å². The summed E-state index contributed by atoms with van der Waals surface area (Å²) in [6, 6.07) is 8.67. The Kier molecular flexibility index (Phi) is 2.49. The lowest BCUT2D eigenvalue weighted by Crippen LogP contribution is -1.94.